The number of carbonyl (C=O) groups is 1. The van der Waals surface area contributed by atoms with Crippen molar-refractivity contribution < 1.29 is 27.3 Å². The van der Waals surface area contributed by atoms with Gasteiger partial charge in [-0.15, -0.1) is 6.58 Å². The molecular formula is C29H36BF3O3. The first-order valence-corrected chi connectivity index (χ1v) is 12.2. The Morgan fingerprint density at radius 2 is 1.25 bits per heavy atom. The van der Waals surface area contributed by atoms with Gasteiger partial charge in [-0.05, 0) is 68.3 Å². The molecule has 1 fully saturated rings. The molecule has 0 aliphatic carbocycles. The predicted molar refractivity (Wildman–Crippen MR) is 138 cm³/mol. The monoisotopic (exact) mass is 500 g/mol. The molecule has 0 N–H and O–H groups in total. The molecular weight excluding hydrogens is 464 g/mol. The van der Waals surface area contributed by atoms with Crippen LogP contribution in [0, 0.1) is 0 Å². The summed E-state index contributed by atoms with van der Waals surface area (Å²) < 4.78 is 52.4. The predicted octanol–water partition coefficient (Wildman–Crippen LogP) is 7.72. The van der Waals surface area contributed by atoms with E-state index in [1.54, 1.807) is 12.1 Å². The molecule has 2 aromatic rings. The summed E-state index contributed by atoms with van der Waals surface area (Å²) in [6.07, 6.45) is -4.22. The van der Waals surface area contributed by atoms with Gasteiger partial charge in [-0.3, -0.25) is 4.79 Å². The number of Topliss-reactive ketones (excluding diaryl/α,β-unsaturated/α-hetero) is 1. The molecule has 1 aliphatic heterocycles. The molecule has 0 radical (unpaired) electrons. The molecule has 2 aromatic carbocycles. The van der Waals surface area contributed by atoms with Crippen LogP contribution in [-0.4, -0.2) is 24.1 Å². The van der Waals surface area contributed by atoms with Crippen LogP contribution in [-0.2, 0) is 26.3 Å². The van der Waals surface area contributed by atoms with Gasteiger partial charge in [-0.2, -0.15) is 13.2 Å². The van der Waals surface area contributed by atoms with Crippen molar-refractivity contribution in [2.75, 3.05) is 0 Å². The Kier molecular flexibility index (Phi) is 7.19. The van der Waals surface area contributed by atoms with Gasteiger partial charge in [0.15, 0.2) is 5.78 Å². The van der Waals surface area contributed by atoms with Crippen molar-refractivity contribution in [1.82, 2.24) is 0 Å². The van der Waals surface area contributed by atoms with E-state index in [-0.39, 0.29) is 17.6 Å². The van der Waals surface area contributed by atoms with Gasteiger partial charge in [0.2, 0.25) is 0 Å². The fourth-order valence-electron chi connectivity index (χ4n) is 4.55. The summed E-state index contributed by atoms with van der Waals surface area (Å²) in [6.45, 7) is 20.0. The number of alkyl halides is 3. The summed E-state index contributed by atoms with van der Waals surface area (Å²) in [4.78, 5) is 14.3. The van der Waals surface area contributed by atoms with E-state index in [2.05, 4.69) is 27.4 Å². The average Bonchev–Trinajstić information content (AvgIpc) is 3.00. The second kappa shape index (κ2) is 9.18. The molecule has 0 amide bonds. The van der Waals surface area contributed by atoms with Gasteiger partial charge < -0.3 is 9.31 Å². The van der Waals surface area contributed by atoms with E-state index in [1.807, 2.05) is 46.8 Å². The number of ketones is 1. The highest BCUT2D eigenvalue weighted by Crippen LogP contribution is 2.46. The molecule has 0 spiro atoms. The number of hydrogen-bond acceptors (Lipinski definition) is 3. The number of hydrogen-bond donors (Lipinski definition) is 0. The molecule has 1 aliphatic rings. The normalized spacial score (nSPS) is 19.1. The minimum atomic E-state index is -4.48. The molecule has 3 nitrogen and oxygen atoms in total. The fourth-order valence-corrected chi connectivity index (χ4v) is 4.55. The molecule has 0 unspecified atom stereocenters. The molecule has 7 heteroatoms. The lowest BCUT2D eigenvalue weighted by molar-refractivity contribution is -0.137. The zero-order valence-electron chi connectivity index (χ0n) is 22.5. The molecule has 36 heavy (non-hydrogen) atoms. The van der Waals surface area contributed by atoms with Crippen LogP contribution >= 0.6 is 0 Å². The Labute approximate surface area is 213 Å². The topological polar surface area (TPSA) is 35.5 Å². The van der Waals surface area contributed by atoms with Crippen LogP contribution in [0.15, 0.2) is 60.6 Å². The summed E-state index contributed by atoms with van der Waals surface area (Å²) in [5, 5.41) is 0. The Bertz CT molecular complexity index is 1110. The number of carbonyl (C=O) groups excluding carboxylic acids is 1. The maximum atomic E-state index is 14.3. The van der Waals surface area contributed by atoms with E-state index in [0.717, 1.165) is 17.7 Å². The van der Waals surface area contributed by atoms with Gasteiger partial charge in [0.1, 0.15) is 0 Å². The van der Waals surface area contributed by atoms with Gasteiger partial charge in [-0.1, -0.05) is 64.1 Å². The fraction of sp³-hybridized carbons (Fsp3) is 0.483. The third-order valence-electron chi connectivity index (χ3n) is 7.72. The van der Waals surface area contributed by atoms with Crippen LogP contribution in [0.4, 0.5) is 13.2 Å². The van der Waals surface area contributed by atoms with Crippen molar-refractivity contribution in [3.05, 3.63) is 82.8 Å². The number of rotatable bonds is 6. The first-order chi connectivity index (χ1) is 16.4. The zero-order valence-corrected chi connectivity index (χ0v) is 22.5. The third kappa shape index (κ3) is 4.92. The highest BCUT2D eigenvalue weighted by molar-refractivity contribution is 6.56. The molecule has 0 saturated carbocycles. The number of benzene rings is 2. The van der Waals surface area contributed by atoms with Gasteiger partial charge in [0.25, 0.3) is 0 Å². The number of allylic oxidation sites excluding steroid dienone is 1. The van der Waals surface area contributed by atoms with E-state index in [0.29, 0.717) is 16.6 Å². The van der Waals surface area contributed by atoms with E-state index in [1.165, 1.54) is 12.1 Å². The summed E-state index contributed by atoms with van der Waals surface area (Å²) in [5.41, 5.74) is -1.26. The summed E-state index contributed by atoms with van der Waals surface area (Å²) in [7, 11) is -0.907. The third-order valence-corrected chi connectivity index (χ3v) is 7.72. The molecule has 1 saturated heterocycles. The Morgan fingerprint density at radius 1 is 0.833 bits per heavy atom. The van der Waals surface area contributed by atoms with Crippen LogP contribution < -0.4 is 0 Å². The van der Waals surface area contributed by atoms with Crippen LogP contribution in [0.2, 0.25) is 0 Å². The van der Waals surface area contributed by atoms with Crippen molar-refractivity contribution in [1.29, 1.82) is 0 Å². The molecule has 1 atom stereocenters. The van der Waals surface area contributed by atoms with E-state index in [9.17, 15) is 18.0 Å². The Balaban J connectivity index is 2.16. The highest BCUT2D eigenvalue weighted by atomic mass is 19.4. The largest absolute Gasteiger partial charge is 0.491 e. The molecule has 194 valence electrons. The molecule has 1 heterocycles. The van der Waals surface area contributed by atoms with E-state index < -0.39 is 35.5 Å². The van der Waals surface area contributed by atoms with E-state index >= 15 is 0 Å². The molecule has 0 bridgehead atoms. The minimum Gasteiger partial charge on any atom is -0.400 e. The van der Waals surface area contributed by atoms with Crippen molar-refractivity contribution in [2.45, 2.75) is 90.0 Å². The van der Waals surface area contributed by atoms with Crippen LogP contribution in [0.1, 0.15) is 88.9 Å². The van der Waals surface area contributed by atoms with Gasteiger partial charge in [0, 0.05) is 5.56 Å². The second-order valence-electron chi connectivity index (χ2n) is 11.6. The smallest absolute Gasteiger partial charge is 0.400 e. The minimum absolute atomic E-state index is 0.0941. The van der Waals surface area contributed by atoms with Gasteiger partial charge >= 0.3 is 13.3 Å². The summed E-state index contributed by atoms with van der Waals surface area (Å²) >= 11 is 0. The maximum Gasteiger partial charge on any atom is 0.491 e. The lowest BCUT2D eigenvalue weighted by Crippen LogP contribution is -2.44. The highest BCUT2D eigenvalue weighted by Gasteiger charge is 2.57. The average molecular weight is 500 g/mol. The zero-order chi connectivity index (χ0) is 27.3. The lowest BCUT2D eigenvalue weighted by atomic mass is 9.56. The second-order valence-corrected chi connectivity index (χ2v) is 11.6. The van der Waals surface area contributed by atoms with Crippen LogP contribution in [0.25, 0.3) is 0 Å². The summed E-state index contributed by atoms with van der Waals surface area (Å²) in [5.74, 6) is -0.259. The first kappa shape index (κ1) is 28.2. The van der Waals surface area contributed by atoms with Gasteiger partial charge in [-0.25, -0.2) is 0 Å². The molecule has 0 aromatic heterocycles. The standard InChI is InChI=1S/C29H36BF3O3/c1-10-28(22-15-17-23(18-16-22)29(31,32)33,19(2)30-35-26(6,7)27(8,9)36-30)24(34)20-11-13-21(14-12-20)25(3,4)5/h11-18H,2,10H2,1,3-9H3/t28-/m1/s1. The lowest BCUT2D eigenvalue weighted by Gasteiger charge is -2.35. The van der Waals surface area contributed by atoms with Crippen LogP contribution in [0.5, 0.6) is 0 Å². The Morgan fingerprint density at radius 3 is 1.64 bits per heavy atom. The first-order valence-electron chi connectivity index (χ1n) is 12.2. The van der Waals surface area contributed by atoms with Crippen molar-refractivity contribution in [2.24, 2.45) is 0 Å². The van der Waals surface area contributed by atoms with Gasteiger partial charge in [0.05, 0.1) is 22.2 Å². The van der Waals surface area contributed by atoms with Crippen molar-refractivity contribution >= 4 is 12.9 Å². The van der Waals surface area contributed by atoms with Crippen molar-refractivity contribution in [3.63, 3.8) is 0 Å². The van der Waals surface area contributed by atoms with Crippen LogP contribution in [0.3, 0.4) is 0 Å². The maximum absolute atomic E-state index is 14.3. The molecule has 3 rings (SSSR count). The number of halogens is 3. The quantitative estimate of drug-likeness (QED) is 0.301. The van der Waals surface area contributed by atoms with E-state index in [4.69, 9.17) is 9.31 Å². The van der Waals surface area contributed by atoms with Crippen molar-refractivity contribution in [3.8, 4) is 0 Å². The SMILES string of the molecule is C=C(B1OC(C)(C)C(C)(C)O1)[C@@](CC)(C(=O)c1ccc(C(C)(C)C)cc1)c1ccc(C(F)(F)F)cc1. The summed E-state index contributed by atoms with van der Waals surface area (Å²) in [6, 6.07) is 12.1. The Hall–Kier alpha value is -2.38.